The van der Waals surface area contributed by atoms with Crippen molar-refractivity contribution in [2.24, 2.45) is 11.8 Å². The summed E-state index contributed by atoms with van der Waals surface area (Å²) in [4.78, 5) is 25.5. The van der Waals surface area contributed by atoms with Crippen molar-refractivity contribution in [1.82, 2.24) is 15.1 Å². The van der Waals surface area contributed by atoms with Crippen LogP contribution < -0.4 is 10.9 Å². The fraction of sp³-hybridized carbons (Fsp3) is 0.348. The Morgan fingerprint density at radius 1 is 1.18 bits per heavy atom. The highest BCUT2D eigenvalue weighted by Gasteiger charge is 2.32. The molecule has 144 valence electrons. The van der Waals surface area contributed by atoms with Gasteiger partial charge in [0, 0.05) is 5.39 Å². The number of carbonyl (C=O) groups excluding carboxylic acids is 1. The maximum absolute atomic E-state index is 12.8. The number of carbonyl (C=O) groups is 1. The van der Waals surface area contributed by atoms with Gasteiger partial charge in [-0.3, -0.25) is 9.59 Å². The van der Waals surface area contributed by atoms with E-state index in [9.17, 15) is 9.59 Å². The van der Waals surface area contributed by atoms with Crippen LogP contribution in [-0.2, 0) is 17.8 Å². The second kappa shape index (κ2) is 7.58. The molecule has 1 aromatic heterocycles. The van der Waals surface area contributed by atoms with Gasteiger partial charge in [0.1, 0.15) is 6.54 Å². The number of rotatable bonds is 4. The molecule has 5 heteroatoms. The van der Waals surface area contributed by atoms with E-state index in [0.29, 0.717) is 17.2 Å². The van der Waals surface area contributed by atoms with E-state index in [0.717, 1.165) is 18.2 Å². The van der Waals surface area contributed by atoms with E-state index in [4.69, 9.17) is 0 Å². The highest BCUT2D eigenvalue weighted by atomic mass is 16.2. The predicted molar refractivity (Wildman–Crippen MR) is 110 cm³/mol. The number of hydrogen-bond donors (Lipinski definition) is 1. The summed E-state index contributed by atoms with van der Waals surface area (Å²) >= 11 is 0. The van der Waals surface area contributed by atoms with Crippen LogP contribution in [0.15, 0.2) is 59.5 Å². The summed E-state index contributed by atoms with van der Waals surface area (Å²) in [7, 11) is 0. The van der Waals surface area contributed by atoms with Gasteiger partial charge in [0.25, 0.3) is 5.56 Å². The van der Waals surface area contributed by atoms with Crippen LogP contribution in [0.1, 0.15) is 37.4 Å². The average molecular weight is 375 g/mol. The average Bonchev–Trinajstić information content (AvgIpc) is 2.70. The van der Waals surface area contributed by atoms with E-state index < -0.39 is 0 Å². The minimum absolute atomic E-state index is 0.0337. The Morgan fingerprint density at radius 3 is 2.75 bits per heavy atom. The number of aryl methyl sites for hydroxylation is 1. The fourth-order valence-corrected chi connectivity index (χ4v) is 4.28. The summed E-state index contributed by atoms with van der Waals surface area (Å²) in [6.07, 6.45) is 3.72. The molecule has 0 aliphatic heterocycles. The summed E-state index contributed by atoms with van der Waals surface area (Å²) in [5.74, 6) is 0.651. The standard InChI is InChI=1S/C23H25N3O2/c1-15(2)18-12-11-16-7-3-5-9-19(16)22(18)25-21(27)14-26-23(28)20-10-6-4-8-17(20)13-24-26/h3-10,13,15,18,22H,11-12,14H2,1-2H3,(H,25,27). The van der Waals surface area contributed by atoms with Gasteiger partial charge in [-0.25, -0.2) is 4.68 Å². The number of amides is 1. The lowest BCUT2D eigenvalue weighted by Crippen LogP contribution is -2.41. The predicted octanol–water partition coefficient (Wildman–Crippen LogP) is 3.47. The normalized spacial score (nSPS) is 18.8. The molecule has 2 atom stereocenters. The Hall–Kier alpha value is -2.95. The number of nitrogens with one attached hydrogen (secondary N) is 1. The number of aromatic nitrogens is 2. The number of nitrogens with zero attached hydrogens (tertiary/aromatic N) is 2. The molecule has 1 heterocycles. The largest absolute Gasteiger partial charge is 0.347 e. The molecule has 1 aliphatic carbocycles. The van der Waals surface area contributed by atoms with Gasteiger partial charge in [-0.2, -0.15) is 5.10 Å². The molecule has 3 aromatic rings. The van der Waals surface area contributed by atoms with E-state index in [2.05, 4.69) is 36.4 Å². The van der Waals surface area contributed by atoms with Crippen LogP contribution in [0.3, 0.4) is 0 Å². The minimum atomic E-state index is -0.238. The van der Waals surface area contributed by atoms with Gasteiger partial charge in [0.05, 0.1) is 17.6 Å². The SMILES string of the molecule is CC(C)C1CCc2ccccc2C1NC(=O)Cn1ncc2ccccc2c1=O. The third-order valence-electron chi connectivity index (χ3n) is 5.79. The quantitative estimate of drug-likeness (QED) is 0.759. The number of benzene rings is 2. The highest BCUT2D eigenvalue weighted by molar-refractivity contribution is 5.81. The zero-order chi connectivity index (χ0) is 19.7. The van der Waals surface area contributed by atoms with Crippen LogP contribution in [0.4, 0.5) is 0 Å². The summed E-state index contributed by atoms with van der Waals surface area (Å²) in [5, 5.41) is 8.73. The molecule has 1 amide bonds. The van der Waals surface area contributed by atoms with Gasteiger partial charge in [0.15, 0.2) is 0 Å². The summed E-state index contributed by atoms with van der Waals surface area (Å²) in [6.45, 7) is 4.33. The molecule has 5 nitrogen and oxygen atoms in total. The lowest BCUT2D eigenvalue weighted by Gasteiger charge is -2.36. The monoisotopic (exact) mass is 375 g/mol. The van der Waals surface area contributed by atoms with Crippen molar-refractivity contribution in [2.45, 2.75) is 39.3 Å². The first kappa shape index (κ1) is 18.4. The first-order valence-corrected chi connectivity index (χ1v) is 9.86. The summed E-state index contributed by atoms with van der Waals surface area (Å²) in [6, 6.07) is 15.6. The van der Waals surface area contributed by atoms with Crippen LogP contribution >= 0.6 is 0 Å². The third kappa shape index (κ3) is 3.44. The molecular formula is C23H25N3O2. The molecule has 1 N–H and O–H groups in total. The van der Waals surface area contributed by atoms with E-state index in [-0.39, 0.29) is 24.1 Å². The molecule has 2 unspecified atom stereocenters. The third-order valence-corrected chi connectivity index (χ3v) is 5.79. The molecule has 4 rings (SSSR count). The Kier molecular flexibility index (Phi) is 4.99. The highest BCUT2D eigenvalue weighted by Crippen LogP contribution is 2.38. The Labute approximate surface area is 164 Å². The maximum Gasteiger partial charge on any atom is 0.275 e. The molecule has 0 radical (unpaired) electrons. The van der Waals surface area contributed by atoms with Gasteiger partial charge in [-0.05, 0) is 41.9 Å². The van der Waals surface area contributed by atoms with Crippen molar-refractivity contribution in [3.8, 4) is 0 Å². The molecule has 2 aromatic carbocycles. The molecule has 0 spiro atoms. The van der Waals surface area contributed by atoms with Crippen LogP contribution in [0.5, 0.6) is 0 Å². The van der Waals surface area contributed by atoms with Crippen LogP contribution in [0.2, 0.25) is 0 Å². The van der Waals surface area contributed by atoms with Crippen molar-refractivity contribution in [3.63, 3.8) is 0 Å². The fourth-order valence-electron chi connectivity index (χ4n) is 4.28. The second-order valence-corrected chi connectivity index (χ2v) is 7.89. The lowest BCUT2D eigenvalue weighted by atomic mass is 9.74. The first-order valence-electron chi connectivity index (χ1n) is 9.86. The molecule has 1 aliphatic rings. The van der Waals surface area contributed by atoms with Crippen molar-refractivity contribution in [1.29, 1.82) is 0 Å². The number of hydrogen-bond acceptors (Lipinski definition) is 3. The molecule has 0 saturated heterocycles. The Balaban J connectivity index is 1.59. The zero-order valence-corrected chi connectivity index (χ0v) is 16.3. The summed E-state index contributed by atoms with van der Waals surface area (Å²) in [5.41, 5.74) is 2.25. The van der Waals surface area contributed by atoms with Gasteiger partial charge >= 0.3 is 0 Å². The number of fused-ring (bicyclic) bond motifs is 2. The molecule has 0 saturated carbocycles. The molecule has 0 bridgehead atoms. The van der Waals surface area contributed by atoms with Crippen molar-refractivity contribution in [2.75, 3.05) is 0 Å². The molecular weight excluding hydrogens is 350 g/mol. The minimum Gasteiger partial charge on any atom is -0.347 e. The molecule has 0 fully saturated rings. The van der Waals surface area contributed by atoms with Crippen LogP contribution in [0, 0.1) is 11.8 Å². The van der Waals surface area contributed by atoms with Gasteiger partial charge in [0.2, 0.25) is 5.91 Å². The van der Waals surface area contributed by atoms with Crippen molar-refractivity contribution in [3.05, 3.63) is 76.2 Å². The van der Waals surface area contributed by atoms with Crippen molar-refractivity contribution >= 4 is 16.7 Å². The maximum atomic E-state index is 12.8. The second-order valence-electron chi connectivity index (χ2n) is 7.89. The summed E-state index contributed by atoms with van der Waals surface area (Å²) < 4.78 is 1.25. The van der Waals surface area contributed by atoms with E-state index >= 15 is 0 Å². The first-order chi connectivity index (χ1) is 13.5. The van der Waals surface area contributed by atoms with E-state index in [1.54, 1.807) is 12.3 Å². The smallest absolute Gasteiger partial charge is 0.275 e. The van der Waals surface area contributed by atoms with Crippen LogP contribution in [-0.4, -0.2) is 15.7 Å². The Bertz CT molecular complexity index is 1070. The van der Waals surface area contributed by atoms with E-state index in [1.807, 2.05) is 30.3 Å². The lowest BCUT2D eigenvalue weighted by molar-refractivity contribution is -0.123. The zero-order valence-electron chi connectivity index (χ0n) is 16.3. The van der Waals surface area contributed by atoms with Gasteiger partial charge < -0.3 is 5.32 Å². The van der Waals surface area contributed by atoms with Gasteiger partial charge in [-0.1, -0.05) is 56.3 Å². The topological polar surface area (TPSA) is 64.0 Å². The molecule has 28 heavy (non-hydrogen) atoms. The van der Waals surface area contributed by atoms with Crippen molar-refractivity contribution < 1.29 is 4.79 Å². The van der Waals surface area contributed by atoms with Crippen LogP contribution in [0.25, 0.3) is 10.8 Å². The van der Waals surface area contributed by atoms with E-state index in [1.165, 1.54) is 15.8 Å². The van der Waals surface area contributed by atoms with Gasteiger partial charge in [-0.15, -0.1) is 0 Å². The Morgan fingerprint density at radius 2 is 1.93 bits per heavy atom.